The van der Waals surface area contributed by atoms with E-state index < -0.39 is 0 Å². The van der Waals surface area contributed by atoms with E-state index >= 15 is 0 Å². The van der Waals surface area contributed by atoms with Gasteiger partial charge < -0.3 is 9.42 Å². The number of anilines is 1. The number of aryl methyl sites for hydroxylation is 1. The Kier molecular flexibility index (Phi) is 3.80. The third kappa shape index (κ3) is 2.91. The molecular weight excluding hydrogens is 321 g/mol. The number of hydrogen-bond donors (Lipinski definition) is 0. The van der Waals surface area contributed by atoms with Crippen LogP contribution in [-0.2, 0) is 4.79 Å². The van der Waals surface area contributed by atoms with E-state index in [4.69, 9.17) is 4.52 Å². The first-order chi connectivity index (χ1) is 12.1. The van der Waals surface area contributed by atoms with Crippen LogP contribution >= 0.6 is 0 Å². The van der Waals surface area contributed by atoms with Gasteiger partial charge in [-0.2, -0.15) is 4.98 Å². The standard InChI is InChI=1S/C19H16FN3O2/c1-12-9-15(7-8-16(12)20)23-11-14(10-17(23)24)19-21-18(22-25-19)13-5-3-2-4-6-13/h2-9,14H,10-11H2,1H3. The summed E-state index contributed by atoms with van der Waals surface area (Å²) in [7, 11) is 0. The molecule has 6 heteroatoms. The summed E-state index contributed by atoms with van der Waals surface area (Å²) in [5.41, 5.74) is 2.07. The minimum absolute atomic E-state index is 0.0320. The number of amides is 1. The fourth-order valence-electron chi connectivity index (χ4n) is 3.02. The zero-order valence-corrected chi connectivity index (χ0v) is 13.6. The number of carbonyl (C=O) groups is 1. The van der Waals surface area contributed by atoms with Crippen LogP contribution < -0.4 is 4.90 Å². The molecule has 0 bridgehead atoms. The van der Waals surface area contributed by atoms with E-state index in [1.807, 2.05) is 30.3 Å². The second kappa shape index (κ2) is 6.12. The second-order valence-corrected chi connectivity index (χ2v) is 6.16. The molecule has 0 aliphatic carbocycles. The van der Waals surface area contributed by atoms with Crippen molar-refractivity contribution in [3.63, 3.8) is 0 Å². The Labute approximate surface area is 144 Å². The summed E-state index contributed by atoms with van der Waals surface area (Å²) < 4.78 is 18.8. The van der Waals surface area contributed by atoms with Crippen molar-refractivity contribution in [2.45, 2.75) is 19.3 Å². The summed E-state index contributed by atoms with van der Waals surface area (Å²) >= 11 is 0. The summed E-state index contributed by atoms with van der Waals surface area (Å²) in [6.07, 6.45) is 0.298. The van der Waals surface area contributed by atoms with E-state index in [9.17, 15) is 9.18 Å². The number of benzene rings is 2. The minimum atomic E-state index is -0.281. The number of halogens is 1. The van der Waals surface area contributed by atoms with Crippen LogP contribution in [0.3, 0.4) is 0 Å². The average Bonchev–Trinajstić information content (AvgIpc) is 3.25. The third-order valence-corrected chi connectivity index (χ3v) is 4.40. The van der Waals surface area contributed by atoms with E-state index in [1.54, 1.807) is 24.0 Å². The zero-order valence-electron chi connectivity index (χ0n) is 13.6. The van der Waals surface area contributed by atoms with Crippen molar-refractivity contribution >= 4 is 11.6 Å². The van der Waals surface area contributed by atoms with E-state index in [0.717, 1.165) is 5.56 Å². The molecule has 1 aliphatic rings. The van der Waals surface area contributed by atoms with E-state index in [2.05, 4.69) is 10.1 Å². The van der Waals surface area contributed by atoms with Crippen LogP contribution in [0.25, 0.3) is 11.4 Å². The lowest BCUT2D eigenvalue weighted by molar-refractivity contribution is -0.117. The first-order valence-electron chi connectivity index (χ1n) is 8.07. The SMILES string of the molecule is Cc1cc(N2CC(c3nc(-c4ccccc4)no3)CC2=O)ccc1F. The number of nitrogens with zero attached hydrogens (tertiary/aromatic N) is 3. The van der Waals surface area contributed by atoms with Crippen LogP contribution in [0.1, 0.15) is 23.8 Å². The van der Waals surface area contributed by atoms with Gasteiger partial charge in [0.2, 0.25) is 17.6 Å². The quantitative estimate of drug-likeness (QED) is 0.731. The first kappa shape index (κ1) is 15.5. The van der Waals surface area contributed by atoms with Crippen LogP contribution in [-0.4, -0.2) is 22.6 Å². The van der Waals surface area contributed by atoms with Gasteiger partial charge in [-0.1, -0.05) is 35.5 Å². The van der Waals surface area contributed by atoms with Crippen molar-refractivity contribution in [1.82, 2.24) is 10.1 Å². The highest BCUT2D eigenvalue weighted by Crippen LogP contribution is 2.32. The molecule has 1 unspecified atom stereocenters. The number of rotatable bonds is 3. The smallest absolute Gasteiger partial charge is 0.232 e. The lowest BCUT2D eigenvalue weighted by Crippen LogP contribution is -2.24. The Morgan fingerprint density at radius 2 is 2.00 bits per heavy atom. The Hall–Kier alpha value is -3.02. The van der Waals surface area contributed by atoms with Crippen molar-refractivity contribution in [2.75, 3.05) is 11.4 Å². The summed E-state index contributed by atoms with van der Waals surface area (Å²) in [6, 6.07) is 14.2. The lowest BCUT2D eigenvalue weighted by atomic mass is 10.1. The van der Waals surface area contributed by atoms with Gasteiger partial charge in [0.1, 0.15) is 5.82 Å². The second-order valence-electron chi connectivity index (χ2n) is 6.16. The van der Waals surface area contributed by atoms with Gasteiger partial charge in [-0.25, -0.2) is 4.39 Å². The van der Waals surface area contributed by atoms with Crippen molar-refractivity contribution in [1.29, 1.82) is 0 Å². The molecule has 2 heterocycles. The predicted molar refractivity (Wildman–Crippen MR) is 90.6 cm³/mol. The molecule has 1 aromatic heterocycles. The summed E-state index contributed by atoms with van der Waals surface area (Å²) in [5.74, 6) is 0.488. The molecule has 3 aromatic rings. The first-order valence-corrected chi connectivity index (χ1v) is 8.07. The van der Waals surface area contributed by atoms with E-state index in [-0.39, 0.29) is 17.6 Å². The molecule has 4 rings (SSSR count). The maximum Gasteiger partial charge on any atom is 0.232 e. The Bertz CT molecular complexity index is 923. The van der Waals surface area contributed by atoms with Gasteiger partial charge in [0.25, 0.3) is 0 Å². The predicted octanol–water partition coefficient (Wildman–Crippen LogP) is 3.70. The zero-order chi connectivity index (χ0) is 17.4. The van der Waals surface area contributed by atoms with Crippen molar-refractivity contribution in [3.05, 3.63) is 65.8 Å². The normalized spacial score (nSPS) is 17.3. The van der Waals surface area contributed by atoms with Crippen LogP contribution in [0.2, 0.25) is 0 Å². The van der Waals surface area contributed by atoms with Crippen LogP contribution in [0, 0.1) is 12.7 Å². The molecule has 0 saturated carbocycles. The maximum atomic E-state index is 13.5. The van der Waals surface area contributed by atoms with Gasteiger partial charge in [-0.3, -0.25) is 4.79 Å². The monoisotopic (exact) mass is 337 g/mol. The van der Waals surface area contributed by atoms with Gasteiger partial charge >= 0.3 is 0 Å². The van der Waals surface area contributed by atoms with Gasteiger partial charge in [0.15, 0.2) is 0 Å². The molecule has 25 heavy (non-hydrogen) atoms. The highest BCUT2D eigenvalue weighted by Gasteiger charge is 2.35. The Morgan fingerprint density at radius 3 is 2.76 bits per heavy atom. The van der Waals surface area contributed by atoms with Crippen LogP contribution in [0.4, 0.5) is 10.1 Å². The fraction of sp³-hybridized carbons (Fsp3) is 0.211. The van der Waals surface area contributed by atoms with Gasteiger partial charge in [0.05, 0.1) is 5.92 Å². The van der Waals surface area contributed by atoms with Crippen LogP contribution in [0.15, 0.2) is 53.1 Å². The molecular formula is C19H16FN3O2. The Balaban J connectivity index is 1.56. The van der Waals surface area contributed by atoms with E-state index in [0.29, 0.717) is 35.9 Å². The lowest BCUT2D eigenvalue weighted by Gasteiger charge is -2.16. The summed E-state index contributed by atoms with van der Waals surface area (Å²) in [6.45, 7) is 2.13. The summed E-state index contributed by atoms with van der Waals surface area (Å²) in [4.78, 5) is 18.5. The fourth-order valence-corrected chi connectivity index (χ4v) is 3.02. The maximum absolute atomic E-state index is 13.5. The topological polar surface area (TPSA) is 59.2 Å². The van der Waals surface area contributed by atoms with Gasteiger partial charge in [-0.15, -0.1) is 0 Å². The number of aromatic nitrogens is 2. The molecule has 1 fully saturated rings. The van der Waals surface area contributed by atoms with E-state index in [1.165, 1.54) is 6.07 Å². The molecule has 5 nitrogen and oxygen atoms in total. The molecule has 0 spiro atoms. The molecule has 1 atom stereocenters. The molecule has 0 radical (unpaired) electrons. The minimum Gasteiger partial charge on any atom is -0.339 e. The molecule has 0 N–H and O–H groups in total. The molecule has 126 valence electrons. The van der Waals surface area contributed by atoms with Crippen molar-refractivity contribution in [3.8, 4) is 11.4 Å². The number of carbonyl (C=O) groups excluding carboxylic acids is 1. The Morgan fingerprint density at radius 1 is 1.20 bits per heavy atom. The van der Waals surface area contributed by atoms with Crippen LogP contribution in [0.5, 0.6) is 0 Å². The molecule has 2 aromatic carbocycles. The van der Waals surface area contributed by atoms with Gasteiger partial charge in [-0.05, 0) is 30.7 Å². The van der Waals surface area contributed by atoms with Crippen molar-refractivity contribution < 1.29 is 13.7 Å². The molecule has 1 aliphatic heterocycles. The highest BCUT2D eigenvalue weighted by molar-refractivity contribution is 5.96. The molecule has 1 saturated heterocycles. The van der Waals surface area contributed by atoms with Crippen molar-refractivity contribution in [2.24, 2.45) is 0 Å². The van der Waals surface area contributed by atoms with Gasteiger partial charge in [0, 0.05) is 24.2 Å². The largest absolute Gasteiger partial charge is 0.339 e. The molecule has 1 amide bonds. The summed E-state index contributed by atoms with van der Waals surface area (Å²) in [5, 5.41) is 4.01. The number of hydrogen-bond acceptors (Lipinski definition) is 4. The average molecular weight is 337 g/mol. The highest BCUT2D eigenvalue weighted by atomic mass is 19.1. The third-order valence-electron chi connectivity index (χ3n) is 4.40.